The van der Waals surface area contributed by atoms with E-state index in [1.54, 1.807) is 7.11 Å². The predicted octanol–water partition coefficient (Wildman–Crippen LogP) is 3.15. The second-order valence-electron chi connectivity index (χ2n) is 5.58. The Morgan fingerprint density at radius 2 is 2.05 bits per heavy atom. The molecule has 19 heavy (non-hydrogen) atoms. The zero-order chi connectivity index (χ0) is 13.7. The van der Waals surface area contributed by atoms with E-state index in [9.17, 15) is 0 Å². The molecule has 1 aromatic rings. The van der Waals surface area contributed by atoms with Crippen LogP contribution in [-0.4, -0.2) is 20.3 Å². The van der Waals surface area contributed by atoms with Gasteiger partial charge in [0, 0.05) is 18.7 Å². The predicted molar refractivity (Wildman–Crippen MR) is 77.2 cm³/mol. The van der Waals surface area contributed by atoms with Gasteiger partial charge in [-0.3, -0.25) is 0 Å². The zero-order valence-corrected chi connectivity index (χ0v) is 12.0. The van der Waals surface area contributed by atoms with Crippen LogP contribution in [0, 0.1) is 11.8 Å². The van der Waals surface area contributed by atoms with Gasteiger partial charge in [-0.1, -0.05) is 31.5 Å². The van der Waals surface area contributed by atoms with Crippen molar-refractivity contribution in [1.82, 2.24) is 0 Å². The van der Waals surface area contributed by atoms with Gasteiger partial charge in [0.1, 0.15) is 12.4 Å². The molecule has 0 bridgehead atoms. The van der Waals surface area contributed by atoms with Crippen LogP contribution in [0.2, 0.25) is 0 Å². The molecule has 0 amide bonds. The Morgan fingerprint density at radius 1 is 1.26 bits per heavy atom. The second kappa shape index (κ2) is 6.92. The Labute approximate surface area is 116 Å². The number of ether oxygens (including phenoxy) is 2. The smallest absolute Gasteiger partial charge is 0.124 e. The lowest BCUT2D eigenvalue weighted by molar-refractivity contribution is 0.145. The number of nitrogens with two attached hydrogens (primary N) is 1. The zero-order valence-electron chi connectivity index (χ0n) is 12.0. The molecule has 1 aliphatic rings. The van der Waals surface area contributed by atoms with Gasteiger partial charge in [0.05, 0.1) is 6.61 Å². The van der Waals surface area contributed by atoms with Gasteiger partial charge in [-0.05, 0) is 30.7 Å². The van der Waals surface area contributed by atoms with Gasteiger partial charge in [-0.2, -0.15) is 0 Å². The van der Waals surface area contributed by atoms with Gasteiger partial charge in [0.25, 0.3) is 0 Å². The fourth-order valence-corrected chi connectivity index (χ4v) is 2.95. The van der Waals surface area contributed by atoms with Crippen molar-refractivity contribution < 1.29 is 9.47 Å². The monoisotopic (exact) mass is 263 g/mol. The summed E-state index contributed by atoms with van der Waals surface area (Å²) in [6.07, 6.45) is 3.76. The Balaban J connectivity index is 2.05. The van der Waals surface area contributed by atoms with Crippen molar-refractivity contribution in [2.45, 2.75) is 32.2 Å². The van der Waals surface area contributed by atoms with E-state index in [1.165, 1.54) is 19.3 Å². The number of benzene rings is 1. The largest absolute Gasteiger partial charge is 0.491 e. The number of hydrogen-bond donors (Lipinski definition) is 1. The Morgan fingerprint density at radius 3 is 2.74 bits per heavy atom. The number of rotatable bonds is 6. The minimum absolute atomic E-state index is 0.0868. The van der Waals surface area contributed by atoms with Crippen LogP contribution in [0.25, 0.3) is 0 Å². The molecule has 1 fully saturated rings. The second-order valence-corrected chi connectivity index (χ2v) is 5.58. The maximum Gasteiger partial charge on any atom is 0.124 e. The molecule has 0 spiro atoms. The van der Waals surface area contributed by atoms with Crippen molar-refractivity contribution in [2.24, 2.45) is 17.6 Å². The normalized spacial score (nSPS) is 24.4. The molecular formula is C16H25NO2. The number of para-hydroxylation sites is 1. The fourth-order valence-electron chi connectivity index (χ4n) is 2.95. The summed E-state index contributed by atoms with van der Waals surface area (Å²) >= 11 is 0. The van der Waals surface area contributed by atoms with Crippen LogP contribution >= 0.6 is 0 Å². The quantitative estimate of drug-likeness (QED) is 0.802. The van der Waals surface area contributed by atoms with Gasteiger partial charge in [-0.15, -0.1) is 0 Å². The standard InChI is InChI=1S/C16H25NO2/c1-12-7-8-13(11-12)16(17)14-5-3-4-6-15(14)19-10-9-18-2/h3-6,12-13,16H,7-11,17H2,1-2H3. The average molecular weight is 263 g/mol. The summed E-state index contributed by atoms with van der Waals surface area (Å²) in [7, 11) is 1.68. The topological polar surface area (TPSA) is 44.5 Å². The van der Waals surface area contributed by atoms with Crippen LogP contribution in [0.1, 0.15) is 37.8 Å². The van der Waals surface area contributed by atoms with Crippen LogP contribution in [0.15, 0.2) is 24.3 Å². The summed E-state index contributed by atoms with van der Waals surface area (Å²) in [6.45, 7) is 3.49. The van der Waals surface area contributed by atoms with Crippen molar-refractivity contribution in [3.8, 4) is 5.75 Å². The maximum absolute atomic E-state index is 6.46. The summed E-state index contributed by atoms with van der Waals surface area (Å²) in [4.78, 5) is 0. The highest BCUT2D eigenvalue weighted by atomic mass is 16.5. The molecule has 3 atom stereocenters. The van der Waals surface area contributed by atoms with Gasteiger partial charge in [-0.25, -0.2) is 0 Å². The Hall–Kier alpha value is -1.06. The van der Waals surface area contributed by atoms with E-state index in [0.29, 0.717) is 19.1 Å². The van der Waals surface area contributed by atoms with Gasteiger partial charge < -0.3 is 15.2 Å². The minimum atomic E-state index is 0.0868. The molecule has 3 unspecified atom stereocenters. The molecule has 0 aliphatic heterocycles. The van der Waals surface area contributed by atoms with E-state index in [4.69, 9.17) is 15.2 Å². The first-order valence-electron chi connectivity index (χ1n) is 7.18. The summed E-state index contributed by atoms with van der Waals surface area (Å²) in [5.41, 5.74) is 7.59. The van der Waals surface area contributed by atoms with Crippen LogP contribution in [-0.2, 0) is 4.74 Å². The SMILES string of the molecule is COCCOc1ccccc1C(N)C1CCC(C)C1. The molecule has 3 heteroatoms. The molecule has 2 rings (SSSR count). The van der Waals surface area contributed by atoms with Gasteiger partial charge in [0.15, 0.2) is 0 Å². The van der Waals surface area contributed by atoms with Crippen LogP contribution in [0.5, 0.6) is 5.75 Å². The van der Waals surface area contributed by atoms with Crippen LogP contribution in [0.3, 0.4) is 0 Å². The highest BCUT2D eigenvalue weighted by molar-refractivity contribution is 5.36. The highest BCUT2D eigenvalue weighted by Crippen LogP contribution is 2.39. The lowest BCUT2D eigenvalue weighted by Gasteiger charge is -2.22. The third kappa shape index (κ3) is 3.71. The fraction of sp³-hybridized carbons (Fsp3) is 0.625. The van der Waals surface area contributed by atoms with Crippen LogP contribution in [0.4, 0.5) is 0 Å². The molecule has 2 N–H and O–H groups in total. The number of hydrogen-bond acceptors (Lipinski definition) is 3. The van der Waals surface area contributed by atoms with E-state index in [-0.39, 0.29) is 6.04 Å². The van der Waals surface area contributed by atoms with Gasteiger partial charge in [0.2, 0.25) is 0 Å². The van der Waals surface area contributed by atoms with Crippen molar-refractivity contribution in [1.29, 1.82) is 0 Å². The summed E-state index contributed by atoms with van der Waals surface area (Å²) in [5, 5.41) is 0. The summed E-state index contributed by atoms with van der Waals surface area (Å²) in [6, 6.07) is 8.22. The molecule has 1 saturated carbocycles. The molecule has 0 radical (unpaired) electrons. The maximum atomic E-state index is 6.46. The van der Waals surface area contributed by atoms with Crippen molar-refractivity contribution >= 4 is 0 Å². The molecule has 0 saturated heterocycles. The van der Waals surface area contributed by atoms with Crippen molar-refractivity contribution in [3.05, 3.63) is 29.8 Å². The first-order valence-corrected chi connectivity index (χ1v) is 7.18. The Bertz CT molecular complexity index is 394. The van der Waals surface area contributed by atoms with E-state index in [1.807, 2.05) is 18.2 Å². The Kier molecular flexibility index (Phi) is 5.23. The third-order valence-electron chi connectivity index (χ3n) is 4.07. The molecular weight excluding hydrogens is 238 g/mol. The number of methoxy groups -OCH3 is 1. The van der Waals surface area contributed by atoms with Crippen molar-refractivity contribution in [3.63, 3.8) is 0 Å². The van der Waals surface area contributed by atoms with E-state index >= 15 is 0 Å². The minimum Gasteiger partial charge on any atom is -0.491 e. The summed E-state index contributed by atoms with van der Waals surface area (Å²) < 4.78 is 10.8. The molecule has 3 nitrogen and oxygen atoms in total. The molecule has 0 heterocycles. The summed E-state index contributed by atoms with van der Waals surface area (Å²) in [5.74, 6) is 2.30. The molecule has 1 aliphatic carbocycles. The average Bonchev–Trinajstić information content (AvgIpc) is 2.85. The van der Waals surface area contributed by atoms with E-state index in [0.717, 1.165) is 17.2 Å². The molecule has 106 valence electrons. The highest BCUT2D eigenvalue weighted by Gasteiger charge is 2.28. The molecule has 1 aromatic carbocycles. The third-order valence-corrected chi connectivity index (χ3v) is 4.07. The van der Waals surface area contributed by atoms with E-state index in [2.05, 4.69) is 13.0 Å². The lowest BCUT2D eigenvalue weighted by atomic mass is 9.91. The molecule has 0 aromatic heterocycles. The van der Waals surface area contributed by atoms with Gasteiger partial charge >= 0.3 is 0 Å². The van der Waals surface area contributed by atoms with Crippen molar-refractivity contribution in [2.75, 3.05) is 20.3 Å². The van der Waals surface area contributed by atoms with Crippen LogP contribution < -0.4 is 10.5 Å². The first kappa shape index (κ1) is 14.4. The lowest BCUT2D eigenvalue weighted by Crippen LogP contribution is -2.20. The van der Waals surface area contributed by atoms with E-state index < -0.39 is 0 Å². The first-order chi connectivity index (χ1) is 9.22.